The van der Waals surface area contributed by atoms with Gasteiger partial charge in [0.15, 0.2) is 0 Å². The van der Waals surface area contributed by atoms with Gasteiger partial charge >= 0.3 is 6.03 Å². The second kappa shape index (κ2) is 16.2. The smallest absolute Gasteiger partial charge is 0.327 e. The van der Waals surface area contributed by atoms with Crippen molar-refractivity contribution in [3.05, 3.63) is 95.8 Å². The summed E-state index contributed by atoms with van der Waals surface area (Å²) in [5, 5.41) is 12.5. The van der Waals surface area contributed by atoms with Gasteiger partial charge in [-0.2, -0.15) is 0 Å². The molecule has 3 amide bonds. The van der Waals surface area contributed by atoms with Crippen molar-refractivity contribution in [2.45, 2.75) is 67.0 Å². The lowest BCUT2D eigenvalue weighted by molar-refractivity contribution is -0.115. The molecule has 0 radical (unpaired) electrons. The van der Waals surface area contributed by atoms with Crippen LogP contribution in [0, 0.1) is 0 Å². The van der Waals surface area contributed by atoms with Gasteiger partial charge in [-0.05, 0) is 86.9 Å². The van der Waals surface area contributed by atoms with Crippen molar-refractivity contribution in [2.24, 2.45) is 0 Å². The number of hydrogen-bond acceptors (Lipinski definition) is 7. The average Bonchev–Trinajstić information content (AvgIpc) is 3.08. The molecule has 3 heterocycles. The molecule has 45 heavy (non-hydrogen) atoms. The Morgan fingerprint density at radius 1 is 0.911 bits per heavy atom. The van der Waals surface area contributed by atoms with E-state index < -0.39 is 0 Å². The fourth-order valence-electron chi connectivity index (χ4n) is 5.58. The third-order valence-corrected chi connectivity index (χ3v) is 10.2. The van der Waals surface area contributed by atoms with Gasteiger partial charge in [0.1, 0.15) is 5.82 Å². The zero-order chi connectivity index (χ0) is 31.6. The first-order valence-corrected chi connectivity index (χ1v) is 17.7. The van der Waals surface area contributed by atoms with Crippen molar-refractivity contribution < 1.29 is 9.59 Å². The van der Waals surface area contributed by atoms with Crippen molar-refractivity contribution in [3.63, 3.8) is 0 Å². The molecule has 0 aromatic heterocycles. The van der Waals surface area contributed by atoms with Crippen molar-refractivity contribution in [2.75, 3.05) is 36.5 Å². The number of carbonyl (C=O) groups excluding carboxylic acids is 2. The number of likely N-dealkylation sites (tertiary alicyclic amines) is 1. The van der Waals surface area contributed by atoms with Crippen LogP contribution in [0.5, 0.6) is 0 Å². The van der Waals surface area contributed by atoms with Crippen molar-refractivity contribution >= 4 is 46.8 Å². The molecular formula is C35H44N6O2S2. The third kappa shape index (κ3) is 8.64. The van der Waals surface area contributed by atoms with Crippen LogP contribution in [0.25, 0.3) is 0 Å². The van der Waals surface area contributed by atoms with Crippen LogP contribution in [0.2, 0.25) is 0 Å². The van der Waals surface area contributed by atoms with Gasteiger partial charge in [0.05, 0.1) is 23.0 Å². The van der Waals surface area contributed by atoms with E-state index in [-0.39, 0.29) is 22.6 Å². The Balaban J connectivity index is 0.00000196. The van der Waals surface area contributed by atoms with E-state index in [4.69, 9.17) is 0 Å². The summed E-state index contributed by atoms with van der Waals surface area (Å²) in [4.78, 5) is 32.7. The number of piperidine rings is 1. The maximum absolute atomic E-state index is 13.2. The SMILES string of the molecule is CC.CC(SC1NCNC2=C1CNC(=O)N2c1ccc(Sc2ccccc2)cc1)C(=O)Nc1ccc(CN2CCCCC2)cc1. The molecule has 6 rings (SSSR count). The summed E-state index contributed by atoms with van der Waals surface area (Å²) in [5.74, 6) is 0.736. The standard InChI is InChI=1S/C33H38N6O2S2.C2H6/c1-23(31(40)37-25-12-10-24(11-13-25)21-38-18-6-3-7-19-38)42-32-29-20-34-33(41)39(30(29)35-22-36-32)26-14-16-28(17-15-26)43-27-8-4-2-5-9-27;1-2/h2,4-5,8-17,23,32,35-36H,3,6-7,18-22H2,1H3,(H,34,41)(H,37,40);1-2H3. The van der Waals surface area contributed by atoms with Crippen molar-refractivity contribution in [1.82, 2.24) is 20.9 Å². The number of anilines is 2. The topological polar surface area (TPSA) is 88.7 Å². The molecule has 238 valence electrons. The van der Waals surface area contributed by atoms with E-state index in [1.807, 2.05) is 75.4 Å². The summed E-state index contributed by atoms with van der Waals surface area (Å²) in [5.41, 5.74) is 3.88. The molecular weight excluding hydrogens is 601 g/mol. The third-order valence-electron chi connectivity index (χ3n) is 7.88. The Morgan fingerprint density at radius 2 is 1.60 bits per heavy atom. The first kappa shape index (κ1) is 32.9. The molecule has 3 aromatic carbocycles. The lowest BCUT2D eigenvalue weighted by Gasteiger charge is -2.39. The van der Waals surface area contributed by atoms with Crippen LogP contribution in [-0.2, 0) is 11.3 Å². The highest BCUT2D eigenvalue weighted by Gasteiger charge is 2.35. The van der Waals surface area contributed by atoms with E-state index in [2.05, 4.69) is 50.4 Å². The van der Waals surface area contributed by atoms with Crippen LogP contribution in [0.1, 0.15) is 45.6 Å². The number of rotatable bonds is 9. The number of thioether (sulfide) groups is 1. The van der Waals surface area contributed by atoms with E-state index in [1.54, 1.807) is 28.4 Å². The van der Waals surface area contributed by atoms with Gasteiger partial charge in [-0.25, -0.2) is 9.69 Å². The maximum atomic E-state index is 13.2. The highest BCUT2D eigenvalue weighted by Crippen LogP contribution is 2.33. The minimum Gasteiger partial charge on any atom is -0.358 e. The second-order valence-corrected chi connectivity index (χ2v) is 13.6. The summed E-state index contributed by atoms with van der Waals surface area (Å²) < 4.78 is 0. The molecule has 10 heteroatoms. The fourth-order valence-corrected chi connectivity index (χ4v) is 7.55. The highest BCUT2D eigenvalue weighted by molar-refractivity contribution is 8.01. The van der Waals surface area contributed by atoms with Gasteiger partial charge in [-0.1, -0.05) is 62.4 Å². The van der Waals surface area contributed by atoms with Crippen molar-refractivity contribution in [1.29, 1.82) is 0 Å². The summed E-state index contributed by atoms with van der Waals surface area (Å²) in [7, 11) is 0. The van der Waals surface area contributed by atoms with Crippen LogP contribution in [0.3, 0.4) is 0 Å². The van der Waals surface area contributed by atoms with E-state index >= 15 is 0 Å². The monoisotopic (exact) mass is 644 g/mol. The Morgan fingerprint density at radius 3 is 2.31 bits per heavy atom. The van der Waals surface area contributed by atoms with Crippen molar-refractivity contribution in [3.8, 4) is 0 Å². The molecule has 3 aliphatic rings. The van der Waals surface area contributed by atoms with Gasteiger partial charge < -0.3 is 16.0 Å². The number of nitrogens with zero attached hydrogens (tertiary/aromatic N) is 2. The molecule has 1 fully saturated rings. The Labute approximate surface area is 275 Å². The van der Waals surface area contributed by atoms with E-state index in [9.17, 15) is 9.59 Å². The number of benzene rings is 3. The van der Waals surface area contributed by atoms with Crippen LogP contribution >= 0.6 is 23.5 Å². The van der Waals surface area contributed by atoms with Crippen LogP contribution in [0.15, 0.2) is 100 Å². The van der Waals surface area contributed by atoms with Gasteiger partial charge in [-0.15, -0.1) is 11.8 Å². The number of urea groups is 1. The van der Waals surface area contributed by atoms with Gasteiger partial charge in [0.25, 0.3) is 0 Å². The normalized spacial score (nSPS) is 19.0. The first-order chi connectivity index (χ1) is 22.0. The van der Waals surface area contributed by atoms with Crippen LogP contribution in [0.4, 0.5) is 16.2 Å². The molecule has 0 aliphatic carbocycles. The number of hydrogen-bond donors (Lipinski definition) is 4. The zero-order valence-electron chi connectivity index (χ0n) is 26.3. The predicted octanol–water partition coefficient (Wildman–Crippen LogP) is 6.83. The zero-order valence-corrected chi connectivity index (χ0v) is 28.0. The molecule has 0 saturated carbocycles. The summed E-state index contributed by atoms with van der Waals surface area (Å²) in [6.45, 7) is 10.1. The molecule has 0 spiro atoms. The molecule has 3 aromatic rings. The molecule has 4 N–H and O–H groups in total. The maximum Gasteiger partial charge on any atom is 0.327 e. The quantitative estimate of drug-likeness (QED) is 0.203. The second-order valence-electron chi connectivity index (χ2n) is 11.0. The largest absolute Gasteiger partial charge is 0.358 e. The molecule has 8 nitrogen and oxygen atoms in total. The van der Waals surface area contributed by atoms with Gasteiger partial charge in [-0.3, -0.25) is 15.0 Å². The van der Waals surface area contributed by atoms with E-state index in [0.717, 1.165) is 47.3 Å². The molecule has 2 unspecified atom stereocenters. The lowest BCUT2D eigenvalue weighted by atomic mass is 10.1. The summed E-state index contributed by atoms with van der Waals surface area (Å²) in [6.07, 6.45) is 3.89. The predicted molar refractivity (Wildman–Crippen MR) is 187 cm³/mol. The molecule has 0 bridgehead atoms. The Bertz CT molecular complexity index is 1440. The van der Waals surface area contributed by atoms with Gasteiger partial charge in [0.2, 0.25) is 5.91 Å². The number of nitrogens with one attached hydrogen (secondary N) is 4. The number of amides is 3. The molecule has 2 atom stereocenters. The molecule has 1 saturated heterocycles. The van der Waals surface area contributed by atoms with Crippen LogP contribution < -0.4 is 26.2 Å². The lowest BCUT2D eigenvalue weighted by Crippen LogP contribution is -2.57. The minimum atomic E-state index is -0.308. The van der Waals surface area contributed by atoms with Crippen LogP contribution in [-0.4, -0.2) is 53.8 Å². The van der Waals surface area contributed by atoms with E-state index in [0.29, 0.717) is 13.2 Å². The first-order valence-electron chi connectivity index (χ1n) is 15.9. The Hall–Kier alpha value is -3.44. The highest BCUT2D eigenvalue weighted by atomic mass is 32.2. The minimum absolute atomic E-state index is 0.0422. The van der Waals surface area contributed by atoms with E-state index in [1.165, 1.54) is 29.7 Å². The van der Waals surface area contributed by atoms with Gasteiger partial charge in [0, 0.05) is 34.1 Å². The summed E-state index contributed by atoms with van der Waals surface area (Å²) in [6, 6.07) is 26.3. The fraction of sp³-hybridized carbons (Fsp3) is 0.371. The molecule has 3 aliphatic heterocycles. The average molecular weight is 645 g/mol. The number of carbonyl (C=O) groups is 2. The Kier molecular flexibility index (Phi) is 11.9. The summed E-state index contributed by atoms with van der Waals surface area (Å²) >= 11 is 3.24.